The summed E-state index contributed by atoms with van der Waals surface area (Å²) in [5, 5.41) is 0. The zero-order valence-corrected chi connectivity index (χ0v) is 14.3. The number of hydrogen-bond donors (Lipinski definition) is 0. The molecule has 0 nitrogen and oxygen atoms in total. The predicted octanol–water partition coefficient (Wildman–Crippen LogP) is 6.10. The van der Waals surface area contributed by atoms with Crippen molar-refractivity contribution < 1.29 is 1.37 Å². The highest BCUT2D eigenvalue weighted by atomic mass is 79.9. The van der Waals surface area contributed by atoms with Gasteiger partial charge in [0.2, 0.25) is 0 Å². The van der Waals surface area contributed by atoms with Crippen molar-refractivity contribution in [2.24, 2.45) is 0 Å². The Morgan fingerprint density at radius 3 is 1.72 bits per heavy atom. The third-order valence-corrected chi connectivity index (χ3v) is 5.25. The van der Waals surface area contributed by atoms with Crippen LogP contribution in [-0.2, 0) is 0 Å². The van der Waals surface area contributed by atoms with Gasteiger partial charge in [-0.05, 0) is 48.5 Å². The Morgan fingerprint density at radius 2 is 1.22 bits per heavy atom. The Bertz CT molecular complexity index is 514. The van der Waals surface area contributed by atoms with Crippen molar-refractivity contribution in [2.75, 3.05) is 11.5 Å². The lowest BCUT2D eigenvalue weighted by molar-refractivity contribution is 1.40. The van der Waals surface area contributed by atoms with Crippen molar-refractivity contribution in [3.8, 4) is 0 Å². The van der Waals surface area contributed by atoms with Crippen molar-refractivity contribution in [1.29, 1.82) is 0 Å². The van der Waals surface area contributed by atoms with Crippen LogP contribution in [0.4, 0.5) is 0 Å². The van der Waals surface area contributed by atoms with E-state index in [-0.39, 0.29) is 5.73 Å². The summed E-state index contributed by atoms with van der Waals surface area (Å²) in [5.41, 5.74) is -0.158. The highest BCUT2D eigenvalue weighted by Crippen LogP contribution is 2.25. The van der Waals surface area contributed by atoms with Crippen LogP contribution in [-0.4, -0.2) is 11.5 Å². The van der Waals surface area contributed by atoms with E-state index in [1.54, 1.807) is 23.5 Å². The van der Waals surface area contributed by atoms with Crippen molar-refractivity contribution in [3.05, 3.63) is 57.5 Å². The smallest absolute Gasteiger partial charge is 0.0393 e. The third kappa shape index (κ3) is 5.00. The molecule has 2 aromatic carbocycles. The van der Waals surface area contributed by atoms with Crippen molar-refractivity contribution in [1.82, 2.24) is 0 Å². The van der Waals surface area contributed by atoms with Gasteiger partial charge in [-0.1, -0.05) is 31.9 Å². The van der Waals surface area contributed by atoms with E-state index in [0.717, 1.165) is 19.6 Å². The van der Waals surface area contributed by atoms with Crippen LogP contribution in [0.2, 0.25) is 0 Å². The van der Waals surface area contributed by atoms with Gasteiger partial charge in [-0.25, -0.2) is 0 Å². The zero-order chi connectivity index (χ0) is 13.7. The number of halogens is 2. The molecule has 94 valence electrons. The van der Waals surface area contributed by atoms with E-state index in [2.05, 4.69) is 44.0 Å². The molecular formula is C14H12Br2S2. The Kier molecular flexibility index (Phi) is 5.55. The third-order valence-electron chi connectivity index (χ3n) is 2.16. The Morgan fingerprint density at radius 1 is 0.778 bits per heavy atom. The molecule has 0 bridgehead atoms. The minimum absolute atomic E-state index is 0.158. The summed E-state index contributed by atoms with van der Waals surface area (Å²) in [4.78, 5) is 2.34. The van der Waals surface area contributed by atoms with Gasteiger partial charge in [0.05, 0.1) is 0 Å². The second kappa shape index (κ2) is 7.63. The maximum atomic E-state index is 8.08. The molecule has 0 aliphatic carbocycles. The fraction of sp³-hybridized carbons (Fsp3) is 0.143. The molecular weight excluding hydrogens is 392 g/mol. The molecule has 2 aromatic rings. The molecule has 0 heterocycles. The van der Waals surface area contributed by atoms with E-state index in [1.165, 1.54) is 4.90 Å². The average Bonchev–Trinajstić information content (AvgIpc) is 2.41. The number of hydrogen-bond acceptors (Lipinski definition) is 2. The molecule has 0 saturated carbocycles. The molecule has 0 saturated heterocycles. The van der Waals surface area contributed by atoms with Gasteiger partial charge in [0.1, 0.15) is 0 Å². The molecule has 0 aromatic heterocycles. The molecule has 1 unspecified atom stereocenters. The first-order chi connectivity index (χ1) is 9.13. The number of thioether (sulfide) groups is 2. The summed E-state index contributed by atoms with van der Waals surface area (Å²) in [6.45, 7) is 0. The second-order valence-corrected chi connectivity index (χ2v) is 7.47. The summed E-state index contributed by atoms with van der Waals surface area (Å²) in [7, 11) is 0. The molecule has 0 fully saturated rings. The van der Waals surface area contributed by atoms with Gasteiger partial charge in [-0.3, -0.25) is 0 Å². The largest absolute Gasteiger partial charge is 0.125 e. The summed E-state index contributed by atoms with van der Waals surface area (Å²) < 4.78 is 10.2. The lowest BCUT2D eigenvalue weighted by Crippen LogP contribution is -1.84. The average molecular weight is 405 g/mol. The van der Waals surface area contributed by atoms with Gasteiger partial charge >= 0.3 is 0 Å². The summed E-state index contributed by atoms with van der Waals surface area (Å²) in [5.74, 6) is 0.780. The van der Waals surface area contributed by atoms with Crippen molar-refractivity contribution in [3.63, 3.8) is 0 Å². The minimum Gasteiger partial charge on any atom is -0.125 e. The topological polar surface area (TPSA) is 0 Å². The van der Waals surface area contributed by atoms with Gasteiger partial charge in [0.15, 0.2) is 0 Å². The van der Waals surface area contributed by atoms with E-state index in [4.69, 9.17) is 1.37 Å². The highest BCUT2D eigenvalue weighted by molar-refractivity contribution is 9.10. The first-order valence-electron chi connectivity index (χ1n) is 5.94. The molecule has 0 N–H and O–H groups in total. The van der Waals surface area contributed by atoms with Crippen LogP contribution >= 0.6 is 55.4 Å². The maximum absolute atomic E-state index is 8.08. The maximum Gasteiger partial charge on any atom is 0.0393 e. The molecule has 18 heavy (non-hydrogen) atoms. The van der Waals surface area contributed by atoms with Gasteiger partial charge < -0.3 is 0 Å². The molecule has 1 atom stereocenters. The van der Waals surface area contributed by atoms with E-state index < -0.39 is 0 Å². The highest BCUT2D eigenvalue weighted by Gasteiger charge is 1.97. The Balaban J connectivity index is 1.82. The predicted molar refractivity (Wildman–Crippen MR) is 89.7 cm³/mol. The van der Waals surface area contributed by atoms with Crippen LogP contribution in [0, 0.1) is 0 Å². The first kappa shape index (κ1) is 13.1. The fourth-order valence-electron chi connectivity index (χ4n) is 1.30. The number of rotatable bonds is 5. The first-order valence-corrected chi connectivity index (χ1v) is 8.81. The van der Waals surface area contributed by atoms with E-state index >= 15 is 0 Å². The molecule has 0 aliphatic rings. The van der Waals surface area contributed by atoms with Gasteiger partial charge in [0, 0.05) is 31.6 Å². The Labute approximate surface area is 135 Å². The second-order valence-electron chi connectivity index (χ2n) is 3.50. The Hall–Kier alpha value is 0.1000. The monoisotopic (exact) mass is 403 g/mol. The van der Waals surface area contributed by atoms with Crippen LogP contribution < -0.4 is 0 Å². The normalized spacial score (nSPS) is 13.1. The summed E-state index contributed by atoms with van der Waals surface area (Å²) in [6.07, 6.45) is 0. The molecule has 0 spiro atoms. The lowest BCUT2D eigenvalue weighted by atomic mass is 10.4. The molecule has 0 aliphatic heterocycles. The van der Waals surface area contributed by atoms with Crippen LogP contribution in [0.3, 0.4) is 0 Å². The zero-order valence-electron chi connectivity index (χ0n) is 10.5. The van der Waals surface area contributed by atoms with Crippen LogP contribution in [0.25, 0.3) is 0 Å². The van der Waals surface area contributed by atoms with Gasteiger partial charge in [0.25, 0.3) is 0 Å². The van der Waals surface area contributed by atoms with E-state index in [9.17, 15) is 0 Å². The summed E-state index contributed by atoms with van der Waals surface area (Å²) in [6, 6.07) is 16.3. The van der Waals surface area contributed by atoms with Gasteiger partial charge in [-0.15, -0.1) is 23.5 Å². The quantitative estimate of drug-likeness (QED) is 0.552. The molecule has 0 radical (unpaired) electrons. The summed E-state index contributed by atoms with van der Waals surface area (Å²) >= 11 is 10.1. The standard InChI is InChI=1S/C14H12Br2S2/c15-11-1-5-13(6-2-11)17-9-10-18-14-7-3-12(16)4-8-14/h1-8H,9-10H2/i9D. The molecule has 4 heteroatoms. The van der Waals surface area contributed by atoms with Crippen LogP contribution in [0.1, 0.15) is 1.37 Å². The van der Waals surface area contributed by atoms with Crippen molar-refractivity contribution >= 4 is 55.4 Å². The van der Waals surface area contributed by atoms with Crippen molar-refractivity contribution in [2.45, 2.75) is 9.79 Å². The molecule has 0 amide bonds. The van der Waals surface area contributed by atoms with Crippen LogP contribution in [0.5, 0.6) is 0 Å². The fourth-order valence-corrected chi connectivity index (χ4v) is 3.38. The lowest BCUT2D eigenvalue weighted by Gasteiger charge is -2.03. The minimum atomic E-state index is -0.158. The number of benzene rings is 2. The van der Waals surface area contributed by atoms with Gasteiger partial charge in [-0.2, -0.15) is 0 Å². The van der Waals surface area contributed by atoms with Crippen LogP contribution in [0.15, 0.2) is 67.3 Å². The molecule has 2 rings (SSSR count). The van der Waals surface area contributed by atoms with E-state index in [0.29, 0.717) is 0 Å². The van der Waals surface area contributed by atoms with E-state index in [1.807, 2.05) is 36.4 Å². The SMILES string of the molecule is [2H]C(CSc1ccc(Br)cc1)Sc1ccc(Br)cc1.